The van der Waals surface area contributed by atoms with E-state index in [-0.39, 0.29) is 25.2 Å². The van der Waals surface area contributed by atoms with Crippen molar-refractivity contribution in [2.45, 2.75) is 19.3 Å². The lowest BCUT2D eigenvalue weighted by atomic mass is 9.76. The first-order valence-electron chi connectivity index (χ1n) is 6.81. The molecule has 3 rings (SSSR count). The number of benzene rings is 1. The maximum absolute atomic E-state index is 12.2. The van der Waals surface area contributed by atoms with Crippen molar-refractivity contribution in [1.82, 2.24) is 0 Å². The summed E-state index contributed by atoms with van der Waals surface area (Å²) in [4.78, 5) is 24.0. The summed E-state index contributed by atoms with van der Waals surface area (Å²) in [5.74, 6) is -0.677. The fourth-order valence-electron chi connectivity index (χ4n) is 2.94. The van der Waals surface area contributed by atoms with Gasteiger partial charge in [0, 0.05) is 23.7 Å². The Balaban J connectivity index is 2.01. The summed E-state index contributed by atoms with van der Waals surface area (Å²) in [6.07, 6.45) is 1.04. The maximum atomic E-state index is 12.2. The molecule has 1 aromatic rings. The van der Waals surface area contributed by atoms with E-state index in [4.69, 9.17) is 9.47 Å². The molecule has 0 saturated carbocycles. The van der Waals surface area contributed by atoms with E-state index in [0.717, 1.165) is 27.8 Å². The number of Topliss-reactive ketones (excluding diaryl/α,β-unsaturated/α-hetero) is 1. The molecule has 6 heteroatoms. The van der Waals surface area contributed by atoms with Gasteiger partial charge in [0.2, 0.25) is 0 Å². The van der Waals surface area contributed by atoms with E-state index in [9.17, 15) is 14.7 Å². The van der Waals surface area contributed by atoms with E-state index < -0.39 is 11.4 Å². The van der Waals surface area contributed by atoms with Crippen LogP contribution in [-0.4, -0.2) is 36.7 Å². The molecule has 0 aliphatic carbocycles. The van der Waals surface area contributed by atoms with Crippen LogP contribution in [0.4, 0.5) is 0 Å². The molecule has 0 aromatic heterocycles. The molecular formula is C15H15BrO5. The first-order valence-corrected chi connectivity index (χ1v) is 7.61. The van der Waals surface area contributed by atoms with Crippen LogP contribution >= 0.6 is 15.9 Å². The van der Waals surface area contributed by atoms with Crippen LogP contribution in [0.25, 0.3) is 0 Å². The predicted octanol–water partition coefficient (Wildman–Crippen LogP) is 1.99. The van der Waals surface area contributed by atoms with Crippen molar-refractivity contribution in [3.63, 3.8) is 0 Å². The number of hydrogen-bond donors (Lipinski definition) is 1. The second kappa shape index (κ2) is 5.42. The summed E-state index contributed by atoms with van der Waals surface area (Å²) in [5.41, 5.74) is 0.292. The monoisotopic (exact) mass is 354 g/mol. The Hall–Kier alpha value is -1.40. The number of aliphatic carboxylic acids is 1. The Morgan fingerprint density at radius 2 is 2.14 bits per heavy atom. The Bertz CT molecular complexity index is 612. The molecule has 5 nitrogen and oxygen atoms in total. The highest BCUT2D eigenvalue weighted by Crippen LogP contribution is 2.38. The van der Waals surface area contributed by atoms with Crippen LogP contribution in [0.5, 0.6) is 5.75 Å². The first-order chi connectivity index (χ1) is 10.0. The predicted molar refractivity (Wildman–Crippen MR) is 77.6 cm³/mol. The highest BCUT2D eigenvalue weighted by molar-refractivity contribution is 9.10. The van der Waals surface area contributed by atoms with Crippen LogP contribution in [0.15, 0.2) is 16.6 Å². The number of carbonyl (C=O) groups excluding carboxylic acids is 1. The molecular weight excluding hydrogens is 340 g/mol. The second-order valence-electron chi connectivity index (χ2n) is 5.44. The molecule has 0 bridgehead atoms. The number of carboxylic acid groups (broad SMARTS) is 1. The summed E-state index contributed by atoms with van der Waals surface area (Å²) in [6.45, 7) is 0.798. The van der Waals surface area contributed by atoms with Crippen LogP contribution in [0.2, 0.25) is 0 Å². The number of rotatable bonds is 3. The third-order valence-electron chi connectivity index (χ3n) is 4.08. The zero-order chi connectivity index (χ0) is 15.0. The van der Waals surface area contributed by atoms with Crippen molar-refractivity contribution in [1.29, 1.82) is 0 Å². The van der Waals surface area contributed by atoms with Gasteiger partial charge in [0.1, 0.15) is 5.75 Å². The molecule has 0 spiro atoms. The van der Waals surface area contributed by atoms with Gasteiger partial charge in [-0.1, -0.05) is 15.9 Å². The number of ketones is 1. The molecule has 112 valence electrons. The number of carboxylic acids is 1. The van der Waals surface area contributed by atoms with Gasteiger partial charge < -0.3 is 14.6 Å². The molecule has 2 aliphatic heterocycles. The van der Waals surface area contributed by atoms with Crippen molar-refractivity contribution in [3.8, 4) is 5.75 Å². The smallest absolute Gasteiger partial charge is 0.319 e. The van der Waals surface area contributed by atoms with E-state index >= 15 is 0 Å². The van der Waals surface area contributed by atoms with Crippen LogP contribution in [0.3, 0.4) is 0 Å². The summed E-state index contributed by atoms with van der Waals surface area (Å²) in [6, 6.07) is 3.80. The van der Waals surface area contributed by atoms with Crippen LogP contribution in [0.1, 0.15) is 17.5 Å². The molecule has 1 N–H and O–H groups in total. The largest absolute Gasteiger partial charge is 0.493 e. The molecule has 1 saturated heterocycles. The fourth-order valence-corrected chi connectivity index (χ4v) is 3.49. The Morgan fingerprint density at radius 3 is 2.86 bits per heavy atom. The molecule has 2 heterocycles. The van der Waals surface area contributed by atoms with Gasteiger partial charge in [0.25, 0.3) is 0 Å². The highest BCUT2D eigenvalue weighted by Gasteiger charge is 2.48. The lowest BCUT2D eigenvalue weighted by molar-refractivity contribution is -0.164. The van der Waals surface area contributed by atoms with E-state index in [1.165, 1.54) is 0 Å². The molecule has 21 heavy (non-hydrogen) atoms. The molecule has 1 unspecified atom stereocenters. The third-order valence-corrected chi connectivity index (χ3v) is 4.54. The normalized spacial score (nSPS) is 24.5. The molecule has 1 fully saturated rings. The van der Waals surface area contributed by atoms with E-state index in [2.05, 4.69) is 15.9 Å². The van der Waals surface area contributed by atoms with Gasteiger partial charge >= 0.3 is 5.97 Å². The molecule has 1 atom stereocenters. The molecule has 2 aliphatic rings. The topological polar surface area (TPSA) is 72.8 Å². The minimum Gasteiger partial charge on any atom is -0.493 e. The first kappa shape index (κ1) is 14.5. The number of fused-ring (bicyclic) bond motifs is 1. The van der Waals surface area contributed by atoms with Crippen LogP contribution in [-0.2, 0) is 27.2 Å². The summed E-state index contributed by atoms with van der Waals surface area (Å²) in [7, 11) is 0. The number of hydrogen-bond acceptors (Lipinski definition) is 4. The molecule has 0 radical (unpaired) electrons. The minimum atomic E-state index is -1.50. The van der Waals surface area contributed by atoms with Crippen molar-refractivity contribution >= 4 is 27.7 Å². The zero-order valence-corrected chi connectivity index (χ0v) is 12.9. The van der Waals surface area contributed by atoms with Gasteiger partial charge in [-0.3, -0.25) is 9.59 Å². The van der Waals surface area contributed by atoms with Crippen LogP contribution < -0.4 is 4.74 Å². The van der Waals surface area contributed by atoms with Crippen molar-refractivity contribution < 1.29 is 24.2 Å². The van der Waals surface area contributed by atoms with Crippen molar-refractivity contribution in [2.24, 2.45) is 5.41 Å². The Morgan fingerprint density at radius 1 is 1.33 bits per heavy atom. The number of ether oxygens (including phenoxy) is 2. The molecule has 1 aromatic carbocycles. The van der Waals surface area contributed by atoms with E-state index in [1.54, 1.807) is 0 Å². The quantitative estimate of drug-likeness (QED) is 0.840. The molecule has 0 amide bonds. The van der Waals surface area contributed by atoms with Crippen molar-refractivity contribution in [2.75, 3.05) is 19.8 Å². The zero-order valence-electron chi connectivity index (χ0n) is 11.4. The number of halogens is 1. The standard InChI is InChI=1S/C15H15BrO5/c16-11-5-9-1-4-21-13(9)10(6-11)7-15(14(18)19)8-20-3-2-12(15)17/h5-6H,1-4,7-8H2,(H,18,19). The average molecular weight is 355 g/mol. The van der Waals surface area contributed by atoms with Crippen LogP contribution in [0, 0.1) is 5.41 Å². The Labute approximate surface area is 130 Å². The van der Waals surface area contributed by atoms with E-state index in [1.807, 2.05) is 12.1 Å². The van der Waals surface area contributed by atoms with Crippen molar-refractivity contribution in [3.05, 3.63) is 27.7 Å². The maximum Gasteiger partial charge on any atom is 0.319 e. The van der Waals surface area contributed by atoms with Gasteiger partial charge in [-0.15, -0.1) is 0 Å². The summed E-state index contributed by atoms with van der Waals surface area (Å²) >= 11 is 3.43. The highest BCUT2D eigenvalue weighted by atomic mass is 79.9. The minimum absolute atomic E-state index is 0.0809. The summed E-state index contributed by atoms with van der Waals surface area (Å²) in [5, 5.41) is 9.58. The van der Waals surface area contributed by atoms with Gasteiger partial charge in [0.05, 0.1) is 19.8 Å². The van der Waals surface area contributed by atoms with E-state index in [0.29, 0.717) is 13.2 Å². The average Bonchev–Trinajstić information content (AvgIpc) is 2.89. The summed E-state index contributed by atoms with van der Waals surface area (Å²) < 4.78 is 11.8. The number of carbonyl (C=O) groups is 2. The lowest BCUT2D eigenvalue weighted by Gasteiger charge is -2.32. The second-order valence-corrected chi connectivity index (χ2v) is 6.36. The lowest BCUT2D eigenvalue weighted by Crippen LogP contribution is -2.48. The van der Waals surface area contributed by atoms with Gasteiger partial charge in [-0.2, -0.15) is 0 Å². The fraction of sp³-hybridized carbons (Fsp3) is 0.467. The Kier molecular flexibility index (Phi) is 3.75. The van der Waals surface area contributed by atoms with Gasteiger partial charge in [-0.05, 0) is 23.3 Å². The SMILES string of the molecule is O=C(O)C1(Cc2cc(Br)cc3c2OCC3)COCCC1=O. The van der Waals surface area contributed by atoms with Gasteiger partial charge in [-0.25, -0.2) is 0 Å². The third kappa shape index (κ3) is 2.46. The van der Waals surface area contributed by atoms with Gasteiger partial charge in [0.15, 0.2) is 11.2 Å².